The van der Waals surface area contributed by atoms with Gasteiger partial charge < -0.3 is 10.0 Å². The summed E-state index contributed by atoms with van der Waals surface area (Å²) in [5, 5.41) is 10.2. The topological polar surface area (TPSA) is 53.4 Å². The molecule has 4 nitrogen and oxygen atoms in total. The standard InChI is InChI=1S/C13H17FN2O2/c1-16(9-13(18)5-2-3-6-13)12(17)10-4-7-15-11(14)8-10/h4,7-8,18H,2-3,5-6,9H2,1H3. The van der Waals surface area contributed by atoms with Crippen LogP contribution in [0.2, 0.25) is 0 Å². The van der Waals surface area contributed by atoms with Crippen molar-refractivity contribution in [2.24, 2.45) is 0 Å². The van der Waals surface area contributed by atoms with Crippen LogP contribution in [0.3, 0.4) is 0 Å². The summed E-state index contributed by atoms with van der Waals surface area (Å²) in [6.07, 6.45) is 4.68. The molecule has 1 amide bonds. The van der Waals surface area contributed by atoms with E-state index in [-0.39, 0.29) is 18.0 Å². The number of likely N-dealkylation sites (N-methyl/N-ethyl adjacent to an activating group) is 1. The second-order valence-corrected chi connectivity index (χ2v) is 4.96. The highest BCUT2D eigenvalue weighted by atomic mass is 19.1. The number of hydrogen-bond acceptors (Lipinski definition) is 3. The highest BCUT2D eigenvalue weighted by Gasteiger charge is 2.33. The quantitative estimate of drug-likeness (QED) is 0.831. The fraction of sp³-hybridized carbons (Fsp3) is 0.538. The number of rotatable bonds is 3. The number of carbonyl (C=O) groups is 1. The third-order valence-corrected chi connectivity index (χ3v) is 3.39. The van der Waals surface area contributed by atoms with Crippen LogP contribution in [0, 0.1) is 5.95 Å². The number of aliphatic hydroxyl groups is 1. The lowest BCUT2D eigenvalue weighted by Crippen LogP contribution is -2.42. The Hall–Kier alpha value is -1.49. The van der Waals surface area contributed by atoms with Crippen molar-refractivity contribution in [2.45, 2.75) is 31.3 Å². The number of carbonyl (C=O) groups excluding carboxylic acids is 1. The van der Waals surface area contributed by atoms with Crippen molar-refractivity contribution in [1.29, 1.82) is 0 Å². The minimum Gasteiger partial charge on any atom is -0.388 e. The summed E-state index contributed by atoms with van der Waals surface area (Å²) >= 11 is 0. The fourth-order valence-corrected chi connectivity index (χ4v) is 2.46. The maximum atomic E-state index is 12.9. The van der Waals surface area contributed by atoms with Crippen LogP contribution in [0.15, 0.2) is 18.3 Å². The molecule has 0 atom stereocenters. The van der Waals surface area contributed by atoms with E-state index in [1.54, 1.807) is 7.05 Å². The summed E-state index contributed by atoms with van der Waals surface area (Å²) in [4.78, 5) is 16.9. The van der Waals surface area contributed by atoms with Crippen LogP contribution < -0.4 is 0 Å². The van der Waals surface area contributed by atoms with Gasteiger partial charge in [0.05, 0.1) is 5.60 Å². The molecule has 1 aromatic rings. The van der Waals surface area contributed by atoms with Gasteiger partial charge in [-0.2, -0.15) is 4.39 Å². The van der Waals surface area contributed by atoms with E-state index in [4.69, 9.17) is 0 Å². The summed E-state index contributed by atoms with van der Waals surface area (Å²) in [7, 11) is 1.62. The van der Waals surface area contributed by atoms with Crippen molar-refractivity contribution in [3.8, 4) is 0 Å². The number of nitrogens with zero attached hydrogens (tertiary/aromatic N) is 2. The van der Waals surface area contributed by atoms with Crippen LogP contribution in [0.25, 0.3) is 0 Å². The molecule has 0 aliphatic heterocycles. The van der Waals surface area contributed by atoms with E-state index in [1.165, 1.54) is 17.2 Å². The molecule has 18 heavy (non-hydrogen) atoms. The molecule has 0 spiro atoms. The maximum absolute atomic E-state index is 12.9. The number of aromatic nitrogens is 1. The Kier molecular flexibility index (Phi) is 3.61. The molecule has 1 aliphatic carbocycles. The molecule has 5 heteroatoms. The minimum atomic E-state index is -0.782. The second-order valence-electron chi connectivity index (χ2n) is 4.96. The van der Waals surface area contributed by atoms with Gasteiger partial charge in [0.1, 0.15) is 0 Å². The molecule has 1 aromatic heterocycles. The third kappa shape index (κ3) is 2.85. The highest BCUT2D eigenvalue weighted by molar-refractivity contribution is 5.93. The first kappa shape index (κ1) is 13.0. The fourth-order valence-electron chi connectivity index (χ4n) is 2.46. The number of amides is 1. The van der Waals surface area contributed by atoms with Crippen molar-refractivity contribution < 1.29 is 14.3 Å². The van der Waals surface area contributed by atoms with Crippen molar-refractivity contribution in [3.05, 3.63) is 29.8 Å². The Morgan fingerprint density at radius 3 is 2.83 bits per heavy atom. The van der Waals surface area contributed by atoms with Crippen molar-refractivity contribution in [2.75, 3.05) is 13.6 Å². The van der Waals surface area contributed by atoms with Gasteiger partial charge in [-0.3, -0.25) is 4.79 Å². The smallest absolute Gasteiger partial charge is 0.253 e. The number of hydrogen-bond donors (Lipinski definition) is 1. The van der Waals surface area contributed by atoms with E-state index in [0.717, 1.165) is 31.7 Å². The van der Waals surface area contributed by atoms with Crippen LogP contribution >= 0.6 is 0 Å². The predicted octanol–water partition coefficient (Wildman–Crippen LogP) is 1.60. The van der Waals surface area contributed by atoms with Crippen LogP contribution in [-0.2, 0) is 0 Å². The zero-order valence-electron chi connectivity index (χ0n) is 10.4. The molecule has 0 unspecified atom stereocenters. The minimum absolute atomic E-state index is 0.256. The van der Waals surface area contributed by atoms with Gasteiger partial charge in [-0.15, -0.1) is 0 Å². The zero-order chi connectivity index (χ0) is 13.2. The summed E-state index contributed by atoms with van der Waals surface area (Å²) in [6, 6.07) is 2.58. The molecule has 1 N–H and O–H groups in total. The molecule has 98 valence electrons. The van der Waals surface area contributed by atoms with Gasteiger partial charge >= 0.3 is 0 Å². The van der Waals surface area contributed by atoms with Crippen LogP contribution in [-0.4, -0.2) is 40.1 Å². The van der Waals surface area contributed by atoms with Gasteiger partial charge in [0.2, 0.25) is 5.95 Å². The lowest BCUT2D eigenvalue weighted by atomic mass is 10.0. The molecule has 0 aromatic carbocycles. The molecular weight excluding hydrogens is 235 g/mol. The first-order valence-electron chi connectivity index (χ1n) is 6.10. The van der Waals surface area contributed by atoms with Gasteiger partial charge in [0.15, 0.2) is 0 Å². The Morgan fingerprint density at radius 2 is 2.22 bits per heavy atom. The van der Waals surface area contributed by atoms with Crippen LogP contribution in [0.1, 0.15) is 36.0 Å². The van der Waals surface area contributed by atoms with E-state index < -0.39 is 11.5 Å². The lowest BCUT2D eigenvalue weighted by molar-refractivity contribution is 0.0156. The first-order chi connectivity index (χ1) is 8.50. The Labute approximate surface area is 105 Å². The Balaban J connectivity index is 2.04. The normalized spacial score (nSPS) is 17.7. The largest absolute Gasteiger partial charge is 0.388 e. The van der Waals surface area contributed by atoms with E-state index in [2.05, 4.69) is 4.98 Å². The van der Waals surface area contributed by atoms with Gasteiger partial charge in [-0.1, -0.05) is 12.8 Å². The second kappa shape index (κ2) is 5.02. The first-order valence-corrected chi connectivity index (χ1v) is 6.10. The molecule has 0 saturated heterocycles. The molecule has 1 fully saturated rings. The molecule has 0 radical (unpaired) electrons. The molecule has 1 aliphatic rings. The van der Waals surface area contributed by atoms with Gasteiger partial charge in [0, 0.05) is 31.4 Å². The van der Waals surface area contributed by atoms with Crippen molar-refractivity contribution in [1.82, 2.24) is 9.88 Å². The summed E-state index contributed by atoms with van der Waals surface area (Å²) in [5.74, 6) is -0.967. The SMILES string of the molecule is CN(CC1(O)CCCC1)C(=O)c1ccnc(F)c1. The lowest BCUT2D eigenvalue weighted by Gasteiger charge is -2.28. The third-order valence-electron chi connectivity index (χ3n) is 3.39. The number of pyridine rings is 1. The monoisotopic (exact) mass is 252 g/mol. The molecule has 1 heterocycles. The van der Waals surface area contributed by atoms with Gasteiger partial charge in [0.25, 0.3) is 5.91 Å². The molecular formula is C13H17FN2O2. The van der Waals surface area contributed by atoms with E-state index in [1.807, 2.05) is 0 Å². The average Bonchev–Trinajstić information content (AvgIpc) is 2.74. The van der Waals surface area contributed by atoms with E-state index in [9.17, 15) is 14.3 Å². The molecule has 0 bridgehead atoms. The van der Waals surface area contributed by atoms with Crippen molar-refractivity contribution >= 4 is 5.91 Å². The van der Waals surface area contributed by atoms with E-state index >= 15 is 0 Å². The maximum Gasteiger partial charge on any atom is 0.253 e. The Bertz CT molecular complexity index is 444. The number of halogens is 1. The zero-order valence-corrected chi connectivity index (χ0v) is 10.4. The Morgan fingerprint density at radius 1 is 1.56 bits per heavy atom. The average molecular weight is 252 g/mol. The van der Waals surface area contributed by atoms with Crippen molar-refractivity contribution in [3.63, 3.8) is 0 Å². The van der Waals surface area contributed by atoms with E-state index in [0.29, 0.717) is 0 Å². The molecule has 2 rings (SSSR count). The van der Waals surface area contributed by atoms with Gasteiger partial charge in [-0.05, 0) is 18.9 Å². The summed E-state index contributed by atoms with van der Waals surface area (Å²) < 4.78 is 12.9. The van der Waals surface area contributed by atoms with Crippen LogP contribution in [0.4, 0.5) is 4.39 Å². The summed E-state index contributed by atoms with van der Waals surface area (Å²) in [5.41, 5.74) is -0.526. The highest BCUT2D eigenvalue weighted by Crippen LogP contribution is 2.30. The predicted molar refractivity (Wildman–Crippen MR) is 64.6 cm³/mol. The summed E-state index contributed by atoms with van der Waals surface area (Å²) in [6.45, 7) is 0.287. The van der Waals surface area contributed by atoms with Crippen LogP contribution in [0.5, 0.6) is 0 Å². The molecule has 1 saturated carbocycles. The van der Waals surface area contributed by atoms with Gasteiger partial charge in [-0.25, -0.2) is 4.98 Å².